The molecule has 0 saturated heterocycles. The van der Waals surface area contributed by atoms with Crippen LogP contribution < -0.4 is 16.0 Å². The van der Waals surface area contributed by atoms with Gasteiger partial charge in [-0.25, -0.2) is 19.7 Å². The lowest BCUT2D eigenvalue weighted by Crippen LogP contribution is -2.19. The fourth-order valence-corrected chi connectivity index (χ4v) is 4.24. The normalized spacial score (nSPS) is 10.4. The number of nitrogens with one attached hydrogen (secondary N) is 3. The zero-order valence-corrected chi connectivity index (χ0v) is 16.7. The number of carbonyl (C=O) groups is 1. The first-order valence-corrected chi connectivity index (χ1v) is 10.4. The third kappa shape index (κ3) is 4.66. The Labute approximate surface area is 174 Å². The zero-order chi connectivity index (χ0) is 20.1. The van der Waals surface area contributed by atoms with Crippen molar-refractivity contribution in [3.63, 3.8) is 0 Å². The van der Waals surface area contributed by atoms with Crippen LogP contribution in [0, 0.1) is 11.3 Å². The molecule has 0 aliphatic carbocycles. The standard InChI is InChI=1S/C19H15N7OS2/c20-9-12-2-1-3-13(8-12)25-18(27)26-19-22-10-14(29-19)4-6-21-17-16-15(5-7-28-16)23-11-24-17/h1-3,5,7-8,10-11H,4,6H2,(H,21,23,24)(H2,22,25,26,27). The molecular formula is C19H15N7OS2. The number of carbonyl (C=O) groups excluding carboxylic acids is 1. The summed E-state index contributed by atoms with van der Waals surface area (Å²) in [4.78, 5) is 25.9. The number of nitrogens with zero attached hydrogens (tertiary/aromatic N) is 4. The fraction of sp³-hybridized carbons (Fsp3) is 0.105. The molecule has 0 aliphatic heterocycles. The van der Waals surface area contributed by atoms with Crippen molar-refractivity contribution in [3.8, 4) is 6.07 Å². The second kappa shape index (κ2) is 8.64. The molecule has 0 fully saturated rings. The Balaban J connectivity index is 1.29. The number of benzene rings is 1. The minimum absolute atomic E-state index is 0.403. The molecule has 144 valence electrons. The fourth-order valence-electron chi connectivity index (χ4n) is 2.63. The van der Waals surface area contributed by atoms with E-state index in [4.69, 9.17) is 5.26 Å². The Hall–Kier alpha value is -3.55. The Kier molecular flexibility index (Phi) is 5.60. The van der Waals surface area contributed by atoms with Crippen molar-refractivity contribution >= 4 is 55.6 Å². The molecule has 0 spiro atoms. The zero-order valence-electron chi connectivity index (χ0n) is 15.0. The van der Waals surface area contributed by atoms with Crippen LogP contribution in [0.1, 0.15) is 10.4 Å². The molecule has 10 heteroatoms. The van der Waals surface area contributed by atoms with Crippen LogP contribution in [0.5, 0.6) is 0 Å². The second-order valence-electron chi connectivity index (χ2n) is 5.94. The number of thiazole rings is 1. The van der Waals surface area contributed by atoms with Gasteiger partial charge in [-0.1, -0.05) is 6.07 Å². The summed E-state index contributed by atoms with van der Waals surface area (Å²) in [7, 11) is 0. The van der Waals surface area contributed by atoms with Crippen LogP contribution in [-0.4, -0.2) is 27.5 Å². The van der Waals surface area contributed by atoms with Crippen molar-refractivity contribution in [1.82, 2.24) is 15.0 Å². The summed E-state index contributed by atoms with van der Waals surface area (Å²) in [6, 6.07) is 10.3. The maximum Gasteiger partial charge on any atom is 0.325 e. The number of nitriles is 1. The first-order chi connectivity index (χ1) is 14.2. The molecule has 29 heavy (non-hydrogen) atoms. The minimum atomic E-state index is -0.403. The van der Waals surface area contributed by atoms with E-state index < -0.39 is 6.03 Å². The molecule has 3 N–H and O–H groups in total. The highest BCUT2D eigenvalue weighted by Gasteiger charge is 2.08. The monoisotopic (exact) mass is 421 g/mol. The van der Waals surface area contributed by atoms with E-state index in [1.54, 1.807) is 48.1 Å². The summed E-state index contributed by atoms with van der Waals surface area (Å²) < 4.78 is 1.04. The number of rotatable bonds is 6. The first kappa shape index (κ1) is 18.8. The highest BCUT2D eigenvalue weighted by Crippen LogP contribution is 2.25. The van der Waals surface area contributed by atoms with Crippen LogP contribution in [0.15, 0.2) is 48.2 Å². The number of hydrogen-bond donors (Lipinski definition) is 3. The maximum atomic E-state index is 12.1. The molecule has 0 bridgehead atoms. The van der Waals surface area contributed by atoms with Crippen molar-refractivity contribution in [2.75, 3.05) is 22.5 Å². The molecule has 4 rings (SSSR count). The predicted molar refractivity (Wildman–Crippen MR) is 116 cm³/mol. The van der Waals surface area contributed by atoms with Gasteiger partial charge in [0.25, 0.3) is 0 Å². The van der Waals surface area contributed by atoms with Gasteiger partial charge >= 0.3 is 6.03 Å². The lowest BCUT2D eigenvalue weighted by molar-refractivity contribution is 0.262. The largest absolute Gasteiger partial charge is 0.368 e. The van der Waals surface area contributed by atoms with Crippen molar-refractivity contribution in [2.45, 2.75) is 6.42 Å². The summed E-state index contributed by atoms with van der Waals surface area (Å²) in [5.74, 6) is 0.826. The van der Waals surface area contributed by atoms with E-state index in [0.29, 0.717) is 22.9 Å². The van der Waals surface area contributed by atoms with Crippen LogP contribution in [0.4, 0.5) is 21.4 Å². The molecule has 1 aromatic carbocycles. The van der Waals surface area contributed by atoms with Gasteiger partial charge in [-0.15, -0.1) is 22.7 Å². The number of amides is 2. The van der Waals surface area contributed by atoms with Crippen LogP contribution in [-0.2, 0) is 6.42 Å². The van der Waals surface area contributed by atoms with Gasteiger partial charge in [0, 0.05) is 29.7 Å². The molecule has 3 aromatic heterocycles. The number of aromatic nitrogens is 3. The van der Waals surface area contributed by atoms with Gasteiger partial charge < -0.3 is 10.6 Å². The summed E-state index contributed by atoms with van der Waals surface area (Å²) in [6.45, 7) is 0.693. The van der Waals surface area contributed by atoms with E-state index in [1.165, 1.54) is 11.3 Å². The molecule has 0 aliphatic rings. The molecule has 0 radical (unpaired) electrons. The van der Waals surface area contributed by atoms with Crippen molar-refractivity contribution < 1.29 is 4.79 Å². The summed E-state index contributed by atoms with van der Waals surface area (Å²) in [5.41, 5.74) is 1.96. The van der Waals surface area contributed by atoms with Gasteiger partial charge in [0.1, 0.15) is 12.1 Å². The van der Waals surface area contributed by atoms with Crippen molar-refractivity contribution in [2.24, 2.45) is 0 Å². The van der Waals surface area contributed by atoms with Crippen LogP contribution >= 0.6 is 22.7 Å². The number of thiophene rings is 1. The molecule has 0 unspecified atom stereocenters. The Morgan fingerprint density at radius 1 is 1.17 bits per heavy atom. The Morgan fingerprint density at radius 2 is 2.10 bits per heavy atom. The average Bonchev–Trinajstić information content (AvgIpc) is 3.38. The van der Waals surface area contributed by atoms with Crippen molar-refractivity contribution in [1.29, 1.82) is 5.26 Å². The highest BCUT2D eigenvalue weighted by atomic mass is 32.1. The molecule has 4 aromatic rings. The number of urea groups is 1. The van der Waals surface area contributed by atoms with E-state index in [9.17, 15) is 4.79 Å². The quantitative estimate of drug-likeness (QED) is 0.427. The lowest BCUT2D eigenvalue weighted by Gasteiger charge is -2.05. The first-order valence-electron chi connectivity index (χ1n) is 8.66. The number of fused-ring (bicyclic) bond motifs is 1. The minimum Gasteiger partial charge on any atom is -0.368 e. The number of hydrogen-bond acceptors (Lipinski definition) is 8. The van der Waals surface area contributed by atoms with Crippen LogP contribution in [0.3, 0.4) is 0 Å². The smallest absolute Gasteiger partial charge is 0.325 e. The molecular weight excluding hydrogens is 406 g/mol. The van der Waals surface area contributed by atoms with E-state index in [2.05, 4.69) is 30.9 Å². The van der Waals surface area contributed by atoms with Gasteiger partial charge in [-0.05, 0) is 29.6 Å². The molecule has 3 heterocycles. The van der Waals surface area contributed by atoms with Gasteiger partial charge in [0.05, 0.1) is 21.8 Å². The Bertz CT molecular complexity index is 1190. The van der Waals surface area contributed by atoms with Gasteiger partial charge in [-0.2, -0.15) is 5.26 Å². The summed E-state index contributed by atoms with van der Waals surface area (Å²) in [5, 5.41) is 20.2. The molecule has 8 nitrogen and oxygen atoms in total. The van der Waals surface area contributed by atoms with Crippen molar-refractivity contribution in [3.05, 3.63) is 58.7 Å². The van der Waals surface area contributed by atoms with E-state index in [-0.39, 0.29) is 0 Å². The van der Waals surface area contributed by atoms with Gasteiger partial charge in [0.2, 0.25) is 0 Å². The van der Waals surface area contributed by atoms with Gasteiger partial charge in [-0.3, -0.25) is 5.32 Å². The van der Waals surface area contributed by atoms with Crippen LogP contribution in [0.2, 0.25) is 0 Å². The number of anilines is 3. The van der Waals surface area contributed by atoms with Gasteiger partial charge in [0.15, 0.2) is 5.13 Å². The summed E-state index contributed by atoms with van der Waals surface area (Å²) in [6.07, 6.45) is 4.05. The average molecular weight is 422 g/mol. The topological polar surface area (TPSA) is 116 Å². The van der Waals surface area contributed by atoms with E-state index >= 15 is 0 Å². The third-order valence-electron chi connectivity index (χ3n) is 3.93. The second-order valence-corrected chi connectivity index (χ2v) is 7.97. The molecule has 0 saturated carbocycles. The SMILES string of the molecule is N#Cc1cccc(NC(=O)Nc2ncc(CCNc3ncnc4ccsc34)s2)c1. The third-order valence-corrected chi connectivity index (χ3v) is 5.81. The maximum absolute atomic E-state index is 12.1. The summed E-state index contributed by atoms with van der Waals surface area (Å²) >= 11 is 3.02. The Morgan fingerprint density at radius 3 is 3.00 bits per heavy atom. The highest BCUT2D eigenvalue weighted by molar-refractivity contribution is 7.17. The molecule has 2 amide bonds. The van der Waals surface area contributed by atoms with Crippen LogP contribution in [0.25, 0.3) is 10.2 Å². The van der Waals surface area contributed by atoms with E-state index in [1.807, 2.05) is 17.5 Å². The van der Waals surface area contributed by atoms with E-state index in [0.717, 1.165) is 27.3 Å². The molecule has 0 atom stereocenters. The predicted octanol–water partition coefficient (Wildman–Crippen LogP) is 4.32. The lowest BCUT2D eigenvalue weighted by atomic mass is 10.2.